The van der Waals surface area contributed by atoms with E-state index in [4.69, 9.17) is 5.73 Å². The second kappa shape index (κ2) is 6.45. The van der Waals surface area contributed by atoms with Crippen molar-refractivity contribution in [2.75, 3.05) is 0 Å². The summed E-state index contributed by atoms with van der Waals surface area (Å²) in [5, 5.41) is 0. The molecule has 0 radical (unpaired) electrons. The van der Waals surface area contributed by atoms with Gasteiger partial charge in [0.1, 0.15) is 17.4 Å². The Hall–Kier alpha value is -1.29. The van der Waals surface area contributed by atoms with Crippen LogP contribution in [0.2, 0.25) is 0 Å². The van der Waals surface area contributed by atoms with E-state index in [9.17, 15) is 13.6 Å². The third-order valence-electron chi connectivity index (χ3n) is 2.55. The summed E-state index contributed by atoms with van der Waals surface area (Å²) in [5.41, 5.74) is 5.41. The van der Waals surface area contributed by atoms with Gasteiger partial charge in [-0.2, -0.15) is 0 Å². The van der Waals surface area contributed by atoms with Gasteiger partial charge in [-0.1, -0.05) is 6.07 Å². The van der Waals surface area contributed by atoms with Crippen LogP contribution in [0.3, 0.4) is 0 Å². The molecule has 1 unspecified atom stereocenters. The van der Waals surface area contributed by atoms with E-state index in [2.05, 4.69) is 0 Å². The molecule has 2 nitrogen and oxygen atoms in total. The lowest BCUT2D eigenvalue weighted by molar-refractivity contribution is -0.118. The van der Waals surface area contributed by atoms with Crippen molar-refractivity contribution in [1.29, 1.82) is 0 Å². The molecular formula is C13H17F2NO. The van der Waals surface area contributed by atoms with Crippen molar-refractivity contribution < 1.29 is 13.6 Å². The van der Waals surface area contributed by atoms with Crippen LogP contribution in [0.15, 0.2) is 18.2 Å². The molecule has 1 aromatic carbocycles. The van der Waals surface area contributed by atoms with Crippen molar-refractivity contribution in [3.63, 3.8) is 0 Å². The number of hydrogen-bond donors (Lipinski definition) is 1. The quantitative estimate of drug-likeness (QED) is 0.831. The van der Waals surface area contributed by atoms with Gasteiger partial charge < -0.3 is 5.73 Å². The molecule has 0 heterocycles. The minimum absolute atomic E-state index is 0.0491. The van der Waals surface area contributed by atoms with Gasteiger partial charge in [-0.25, -0.2) is 8.78 Å². The molecule has 0 amide bonds. The molecule has 17 heavy (non-hydrogen) atoms. The van der Waals surface area contributed by atoms with Gasteiger partial charge in [-0.05, 0) is 31.9 Å². The second-order valence-electron chi connectivity index (χ2n) is 4.29. The van der Waals surface area contributed by atoms with Crippen molar-refractivity contribution in [2.45, 2.75) is 38.6 Å². The van der Waals surface area contributed by atoms with Crippen LogP contribution in [0.1, 0.15) is 31.7 Å². The average molecular weight is 241 g/mol. The number of benzene rings is 1. The van der Waals surface area contributed by atoms with E-state index in [1.807, 2.05) is 6.92 Å². The molecule has 94 valence electrons. The molecule has 1 rings (SSSR count). The summed E-state index contributed by atoms with van der Waals surface area (Å²) < 4.78 is 26.5. The van der Waals surface area contributed by atoms with Crippen molar-refractivity contribution in [1.82, 2.24) is 0 Å². The molecule has 0 bridgehead atoms. The highest BCUT2D eigenvalue weighted by molar-refractivity contribution is 5.80. The number of nitrogens with two attached hydrogens (primary N) is 1. The third-order valence-corrected chi connectivity index (χ3v) is 2.55. The highest BCUT2D eigenvalue weighted by Crippen LogP contribution is 2.14. The Morgan fingerprint density at radius 1 is 1.35 bits per heavy atom. The summed E-state index contributed by atoms with van der Waals surface area (Å²) in [5.74, 6) is -1.48. The summed E-state index contributed by atoms with van der Waals surface area (Å²) in [4.78, 5) is 11.5. The van der Waals surface area contributed by atoms with Crippen LogP contribution in [0, 0.1) is 11.6 Å². The molecule has 0 aliphatic carbocycles. The lowest BCUT2D eigenvalue weighted by atomic mass is 10.0. The van der Waals surface area contributed by atoms with Crippen molar-refractivity contribution in [3.05, 3.63) is 35.4 Å². The van der Waals surface area contributed by atoms with Crippen LogP contribution in [0.4, 0.5) is 8.78 Å². The van der Waals surface area contributed by atoms with Crippen molar-refractivity contribution >= 4 is 5.78 Å². The van der Waals surface area contributed by atoms with Crippen LogP contribution in [0.25, 0.3) is 0 Å². The van der Waals surface area contributed by atoms with E-state index in [0.717, 1.165) is 18.6 Å². The Bertz CT molecular complexity index is 371. The van der Waals surface area contributed by atoms with Crippen LogP contribution in [0.5, 0.6) is 0 Å². The molecule has 0 aliphatic rings. The fourth-order valence-electron chi connectivity index (χ4n) is 1.61. The molecule has 0 fully saturated rings. The zero-order valence-corrected chi connectivity index (χ0v) is 9.88. The number of carbonyl (C=O) groups is 1. The zero-order valence-electron chi connectivity index (χ0n) is 9.88. The Kier molecular flexibility index (Phi) is 5.22. The standard InChI is InChI=1S/C13H17F2NO/c1-9(16)4-2-5-10(17)8-11-12(14)6-3-7-13(11)15/h3,6-7,9H,2,4-5,8,16H2,1H3. The number of hydrogen-bond acceptors (Lipinski definition) is 2. The van der Waals surface area contributed by atoms with Gasteiger partial charge >= 0.3 is 0 Å². The van der Waals surface area contributed by atoms with Crippen molar-refractivity contribution in [3.8, 4) is 0 Å². The Morgan fingerprint density at radius 2 is 1.94 bits per heavy atom. The van der Waals surface area contributed by atoms with Crippen LogP contribution >= 0.6 is 0 Å². The molecule has 2 N–H and O–H groups in total. The summed E-state index contributed by atoms with van der Waals surface area (Å²) in [7, 11) is 0. The van der Waals surface area contributed by atoms with Gasteiger partial charge in [0.15, 0.2) is 0 Å². The summed E-state index contributed by atoms with van der Waals surface area (Å²) >= 11 is 0. The normalized spacial score (nSPS) is 12.5. The van der Waals surface area contributed by atoms with E-state index >= 15 is 0 Å². The first-order valence-electron chi connectivity index (χ1n) is 5.71. The Labute approximate surface area is 99.8 Å². The van der Waals surface area contributed by atoms with Gasteiger partial charge in [-0.15, -0.1) is 0 Å². The van der Waals surface area contributed by atoms with Gasteiger partial charge in [0.2, 0.25) is 0 Å². The highest BCUT2D eigenvalue weighted by atomic mass is 19.1. The second-order valence-corrected chi connectivity index (χ2v) is 4.29. The molecule has 1 aromatic rings. The lowest BCUT2D eigenvalue weighted by Gasteiger charge is -2.06. The molecular weight excluding hydrogens is 224 g/mol. The molecule has 0 saturated carbocycles. The topological polar surface area (TPSA) is 43.1 Å². The fraction of sp³-hybridized carbons (Fsp3) is 0.462. The van der Waals surface area contributed by atoms with Crippen LogP contribution in [-0.4, -0.2) is 11.8 Å². The first-order chi connectivity index (χ1) is 8.00. The largest absolute Gasteiger partial charge is 0.328 e. The van der Waals surface area contributed by atoms with Crippen LogP contribution < -0.4 is 5.73 Å². The monoisotopic (exact) mass is 241 g/mol. The summed E-state index contributed by atoms with van der Waals surface area (Å²) in [6.45, 7) is 1.86. The molecule has 0 saturated heterocycles. The Morgan fingerprint density at radius 3 is 2.47 bits per heavy atom. The predicted octanol–water partition coefficient (Wildman–Crippen LogP) is 2.59. The molecule has 0 aromatic heterocycles. The van der Waals surface area contributed by atoms with E-state index in [1.54, 1.807) is 0 Å². The molecule has 0 spiro atoms. The van der Waals surface area contributed by atoms with Crippen molar-refractivity contribution in [2.24, 2.45) is 5.73 Å². The van der Waals surface area contributed by atoms with E-state index < -0.39 is 11.6 Å². The van der Waals surface area contributed by atoms with Gasteiger partial charge in [0, 0.05) is 24.4 Å². The zero-order chi connectivity index (χ0) is 12.8. The maximum Gasteiger partial charge on any atom is 0.137 e. The smallest absolute Gasteiger partial charge is 0.137 e. The number of Topliss-reactive ketones (excluding diaryl/α,β-unsaturated/α-hetero) is 1. The van der Waals surface area contributed by atoms with Gasteiger partial charge in [-0.3, -0.25) is 4.79 Å². The minimum Gasteiger partial charge on any atom is -0.328 e. The van der Waals surface area contributed by atoms with E-state index in [-0.39, 0.29) is 23.8 Å². The van der Waals surface area contributed by atoms with Gasteiger partial charge in [0.05, 0.1) is 0 Å². The predicted molar refractivity (Wildman–Crippen MR) is 62.6 cm³/mol. The fourth-order valence-corrected chi connectivity index (χ4v) is 1.61. The summed E-state index contributed by atoms with van der Waals surface area (Å²) in [6.07, 6.45) is 1.53. The number of ketones is 1. The number of carbonyl (C=O) groups excluding carboxylic acids is 1. The molecule has 1 atom stereocenters. The maximum atomic E-state index is 13.2. The Balaban J connectivity index is 2.51. The lowest BCUT2D eigenvalue weighted by Crippen LogP contribution is -2.15. The average Bonchev–Trinajstić information content (AvgIpc) is 2.23. The van der Waals surface area contributed by atoms with E-state index in [1.165, 1.54) is 6.07 Å². The summed E-state index contributed by atoms with van der Waals surface area (Å²) in [6, 6.07) is 3.66. The number of halogens is 2. The maximum absolute atomic E-state index is 13.2. The minimum atomic E-state index is -0.662. The third kappa shape index (κ3) is 4.61. The number of rotatable bonds is 6. The molecule has 4 heteroatoms. The highest BCUT2D eigenvalue weighted by Gasteiger charge is 2.12. The van der Waals surface area contributed by atoms with E-state index in [0.29, 0.717) is 12.8 Å². The SMILES string of the molecule is CC(N)CCCC(=O)Cc1c(F)cccc1F. The molecule has 0 aliphatic heterocycles. The van der Waals surface area contributed by atoms with Crippen LogP contribution in [-0.2, 0) is 11.2 Å². The first-order valence-corrected chi connectivity index (χ1v) is 5.71. The first kappa shape index (κ1) is 13.8. The van der Waals surface area contributed by atoms with Gasteiger partial charge in [0.25, 0.3) is 0 Å².